The molecule has 0 aliphatic heterocycles. The lowest BCUT2D eigenvalue weighted by Gasteiger charge is -2.18. The van der Waals surface area contributed by atoms with Crippen LogP contribution in [0.3, 0.4) is 0 Å². The summed E-state index contributed by atoms with van der Waals surface area (Å²) >= 11 is 5.47. The van der Waals surface area contributed by atoms with Gasteiger partial charge in [0.15, 0.2) is 17.3 Å². The van der Waals surface area contributed by atoms with Crippen LogP contribution in [0, 0.1) is 4.77 Å². The molecule has 8 heteroatoms. The average Bonchev–Trinajstić information content (AvgIpc) is 3.22. The molecule has 0 atom stereocenters. The topological polar surface area (TPSA) is 73.3 Å². The van der Waals surface area contributed by atoms with Gasteiger partial charge >= 0.3 is 0 Å². The summed E-state index contributed by atoms with van der Waals surface area (Å²) in [5.74, 6) is 2.74. The zero-order valence-corrected chi connectivity index (χ0v) is 19.4. The smallest absolute Gasteiger partial charge is 0.214 e. The largest absolute Gasteiger partial charge is 0.496 e. The third-order valence-electron chi connectivity index (χ3n) is 5.03. The van der Waals surface area contributed by atoms with Crippen LogP contribution in [0.2, 0.25) is 0 Å². The first-order chi connectivity index (χ1) is 16.2. The number of nitrogens with one attached hydrogen (secondary N) is 2. The summed E-state index contributed by atoms with van der Waals surface area (Å²) in [6, 6.07) is 23.6. The zero-order chi connectivity index (χ0) is 23.0. The van der Waals surface area contributed by atoms with E-state index in [4.69, 9.17) is 26.4 Å². The minimum absolute atomic E-state index is 0.440. The number of ether oxygens (including phenoxy) is 3. The molecule has 0 saturated carbocycles. The highest BCUT2D eigenvalue weighted by Crippen LogP contribution is 2.33. The summed E-state index contributed by atoms with van der Waals surface area (Å²) in [7, 11) is 1.63. The number of aromatic nitrogens is 3. The van der Waals surface area contributed by atoms with E-state index in [-0.39, 0.29) is 0 Å². The van der Waals surface area contributed by atoms with Gasteiger partial charge in [-0.15, -0.1) is 0 Å². The number of hydrogen-bond donors (Lipinski definition) is 2. The number of H-pyrrole nitrogens is 1. The molecule has 1 heterocycles. The van der Waals surface area contributed by atoms with Crippen LogP contribution in [-0.2, 0) is 13.2 Å². The Morgan fingerprint density at radius 1 is 0.939 bits per heavy atom. The molecule has 0 radical (unpaired) electrons. The Balaban J connectivity index is 1.61. The second-order valence-corrected chi connectivity index (χ2v) is 7.56. The Bertz CT molecular complexity index is 1250. The lowest BCUT2D eigenvalue weighted by molar-refractivity contribution is 0.267. The lowest BCUT2D eigenvalue weighted by atomic mass is 10.1. The summed E-state index contributed by atoms with van der Waals surface area (Å²) in [4.78, 5) is 0. The van der Waals surface area contributed by atoms with Crippen LogP contribution >= 0.6 is 12.2 Å². The molecule has 4 aromatic rings. The maximum Gasteiger partial charge on any atom is 0.214 e. The van der Waals surface area contributed by atoms with E-state index >= 15 is 0 Å². The second-order valence-electron chi connectivity index (χ2n) is 7.17. The molecule has 0 unspecified atom stereocenters. The number of nitrogens with zero attached hydrogens (tertiary/aromatic N) is 2. The molecule has 0 aliphatic carbocycles. The highest BCUT2D eigenvalue weighted by Gasteiger charge is 2.16. The van der Waals surface area contributed by atoms with Crippen molar-refractivity contribution in [2.75, 3.05) is 19.1 Å². The lowest BCUT2D eigenvalue weighted by Crippen LogP contribution is -2.17. The van der Waals surface area contributed by atoms with Gasteiger partial charge in [0, 0.05) is 5.56 Å². The van der Waals surface area contributed by atoms with Crippen molar-refractivity contribution in [1.29, 1.82) is 0 Å². The Morgan fingerprint density at radius 3 is 2.48 bits per heavy atom. The molecule has 0 aliphatic rings. The SMILES string of the molecule is CCOc1cccc(CNn2c(-c3ccccc3OC)n[nH]c2=S)c1OCc1ccccc1. The van der Waals surface area contributed by atoms with Gasteiger partial charge in [0.1, 0.15) is 12.4 Å². The first-order valence-electron chi connectivity index (χ1n) is 10.7. The first kappa shape index (κ1) is 22.4. The molecule has 0 spiro atoms. The van der Waals surface area contributed by atoms with Crippen LogP contribution in [0.25, 0.3) is 11.4 Å². The fourth-order valence-electron chi connectivity index (χ4n) is 3.48. The van der Waals surface area contributed by atoms with Gasteiger partial charge in [-0.3, -0.25) is 0 Å². The fourth-order valence-corrected chi connectivity index (χ4v) is 3.68. The summed E-state index contributed by atoms with van der Waals surface area (Å²) in [5.41, 5.74) is 6.20. The maximum atomic E-state index is 6.21. The number of aromatic amines is 1. The normalized spacial score (nSPS) is 10.6. The van der Waals surface area contributed by atoms with E-state index in [1.54, 1.807) is 11.8 Å². The fraction of sp³-hybridized carbons (Fsp3) is 0.200. The number of methoxy groups -OCH3 is 1. The number of benzene rings is 3. The van der Waals surface area contributed by atoms with Crippen molar-refractivity contribution in [3.05, 3.63) is 88.7 Å². The highest BCUT2D eigenvalue weighted by atomic mass is 32.1. The van der Waals surface area contributed by atoms with Crippen molar-refractivity contribution in [2.24, 2.45) is 0 Å². The van der Waals surface area contributed by atoms with Crippen LogP contribution in [-0.4, -0.2) is 28.6 Å². The van der Waals surface area contributed by atoms with Gasteiger partial charge < -0.3 is 19.6 Å². The molecule has 4 rings (SSSR count). The second kappa shape index (κ2) is 10.7. The monoisotopic (exact) mass is 462 g/mol. The Labute approximate surface area is 197 Å². The van der Waals surface area contributed by atoms with E-state index in [0.717, 1.165) is 16.7 Å². The van der Waals surface area contributed by atoms with Crippen molar-refractivity contribution in [3.8, 4) is 28.6 Å². The van der Waals surface area contributed by atoms with Gasteiger partial charge in [-0.2, -0.15) is 5.10 Å². The van der Waals surface area contributed by atoms with Gasteiger partial charge in [0.2, 0.25) is 4.77 Å². The molecular weight excluding hydrogens is 436 g/mol. The van der Waals surface area contributed by atoms with Gasteiger partial charge in [0.25, 0.3) is 0 Å². The Kier molecular flexibility index (Phi) is 7.26. The number of para-hydroxylation sites is 2. The molecule has 7 nitrogen and oxygen atoms in total. The third kappa shape index (κ3) is 5.18. The number of hydrogen-bond acceptors (Lipinski definition) is 6. The molecule has 3 aromatic carbocycles. The molecule has 1 aromatic heterocycles. The quantitative estimate of drug-likeness (QED) is 0.310. The van der Waals surface area contributed by atoms with Crippen molar-refractivity contribution in [2.45, 2.75) is 20.1 Å². The molecule has 0 bridgehead atoms. The average molecular weight is 463 g/mol. The molecule has 2 N–H and O–H groups in total. The third-order valence-corrected chi connectivity index (χ3v) is 5.31. The van der Waals surface area contributed by atoms with Crippen molar-refractivity contribution in [3.63, 3.8) is 0 Å². The van der Waals surface area contributed by atoms with Crippen LogP contribution in [0.15, 0.2) is 72.8 Å². The molecule has 170 valence electrons. The molecule has 0 amide bonds. The summed E-state index contributed by atoms with van der Waals surface area (Å²) in [5, 5.41) is 7.26. The van der Waals surface area contributed by atoms with Crippen molar-refractivity contribution < 1.29 is 14.2 Å². The summed E-state index contributed by atoms with van der Waals surface area (Å²) in [6.45, 7) is 3.39. The maximum absolute atomic E-state index is 6.21. The van der Waals surface area contributed by atoms with E-state index in [0.29, 0.717) is 47.6 Å². The molecular formula is C25H26N4O3S. The van der Waals surface area contributed by atoms with Crippen LogP contribution in [0.4, 0.5) is 0 Å². The van der Waals surface area contributed by atoms with Crippen LogP contribution < -0.4 is 19.6 Å². The standard InChI is InChI=1S/C25H26N4O3S/c1-3-31-22-15-9-12-19(23(22)32-17-18-10-5-4-6-11-18)16-26-29-24(27-28-25(29)33)20-13-7-8-14-21(20)30-2/h4-15,26H,3,16-17H2,1-2H3,(H,28,33). The van der Waals surface area contributed by atoms with Crippen molar-refractivity contribution in [1.82, 2.24) is 14.9 Å². The molecule has 0 fully saturated rings. The van der Waals surface area contributed by atoms with Gasteiger partial charge in [-0.25, -0.2) is 9.77 Å². The van der Waals surface area contributed by atoms with Crippen LogP contribution in [0.1, 0.15) is 18.1 Å². The van der Waals surface area contributed by atoms with E-state index < -0.39 is 0 Å². The minimum atomic E-state index is 0.440. The predicted molar refractivity (Wildman–Crippen MR) is 131 cm³/mol. The molecule has 0 saturated heterocycles. The van der Waals surface area contributed by atoms with Gasteiger partial charge in [0.05, 0.1) is 25.8 Å². The first-order valence-corrected chi connectivity index (χ1v) is 11.1. The Hall–Kier alpha value is -3.78. The Morgan fingerprint density at radius 2 is 1.70 bits per heavy atom. The van der Waals surface area contributed by atoms with Crippen LogP contribution in [0.5, 0.6) is 17.2 Å². The van der Waals surface area contributed by atoms with Crippen molar-refractivity contribution >= 4 is 12.2 Å². The van der Waals surface area contributed by atoms with Gasteiger partial charge in [-0.1, -0.05) is 54.6 Å². The van der Waals surface area contributed by atoms with Gasteiger partial charge in [-0.05, 0) is 42.9 Å². The van der Waals surface area contributed by atoms with E-state index in [9.17, 15) is 0 Å². The minimum Gasteiger partial charge on any atom is -0.496 e. The summed E-state index contributed by atoms with van der Waals surface area (Å²) in [6.07, 6.45) is 0. The summed E-state index contributed by atoms with van der Waals surface area (Å²) < 4.78 is 19.7. The number of rotatable bonds is 10. The van der Waals surface area contributed by atoms with E-state index in [2.05, 4.69) is 15.6 Å². The highest BCUT2D eigenvalue weighted by molar-refractivity contribution is 7.71. The molecule has 33 heavy (non-hydrogen) atoms. The predicted octanol–water partition coefficient (Wildman–Crippen LogP) is 5.34. The van der Waals surface area contributed by atoms with E-state index in [1.807, 2.05) is 79.7 Å². The van der Waals surface area contributed by atoms with E-state index in [1.165, 1.54) is 0 Å². The zero-order valence-electron chi connectivity index (χ0n) is 18.6.